The van der Waals surface area contributed by atoms with Crippen LogP contribution in [0.1, 0.15) is 11.1 Å². The molecule has 2 amide bonds. The molecule has 0 fully saturated rings. The highest BCUT2D eigenvalue weighted by atomic mass is 19.1. The fraction of sp³-hybridized carbons (Fsp3) is 0.143. The van der Waals surface area contributed by atoms with Crippen molar-refractivity contribution < 1.29 is 14.0 Å². The van der Waals surface area contributed by atoms with Gasteiger partial charge in [-0.1, -0.05) is 54.6 Å². The summed E-state index contributed by atoms with van der Waals surface area (Å²) >= 11 is 0. The summed E-state index contributed by atoms with van der Waals surface area (Å²) in [4.78, 5) is 24.0. The molecule has 0 bridgehead atoms. The molecule has 0 aromatic heterocycles. The first-order chi connectivity index (χ1) is 12.5. The number of rotatable bonds is 6. The number of carbonyl (C=O) groups excluding carboxylic acids is 2. The molecule has 0 spiro atoms. The standard InChI is InChI=1S/C21H19FN2O2/c22-18-9-6-14(7-10-18)12-19(21(23)26)24-20(25)13-15-5-8-16-3-1-2-4-17(16)11-15/h1-11,19H,12-13H2,(H2,23,26)(H,24,25)/t19-/m1/s1. The summed E-state index contributed by atoms with van der Waals surface area (Å²) in [5.74, 6) is -1.27. The van der Waals surface area contributed by atoms with E-state index in [0.717, 1.165) is 21.9 Å². The third-order valence-electron chi connectivity index (χ3n) is 4.21. The summed E-state index contributed by atoms with van der Waals surface area (Å²) in [6, 6.07) is 18.6. The van der Waals surface area contributed by atoms with Gasteiger partial charge in [-0.25, -0.2) is 4.39 Å². The Balaban J connectivity index is 1.67. The van der Waals surface area contributed by atoms with Gasteiger partial charge >= 0.3 is 0 Å². The Morgan fingerprint density at radius 1 is 0.923 bits per heavy atom. The van der Waals surface area contributed by atoms with Crippen molar-refractivity contribution in [3.63, 3.8) is 0 Å². The van der Waals surface area contributed by atoms with Gasteiger partial charge in [0.15, 0.2) is 0 Å². The molecule has 4 nitrogen and oxygen atoms in total. The highest BCUT2D eigenvalue weighted by Crippen LogP contribution is 2.16. The third kappa shape index (κ3) is 4.45. The van der Waals surface area contributed by atoms with Crippen LogP contribution in [-0.4, -0.2) is 17.9 Å². The number of nitrogens with two attached hydrogens (primary N) is 1. The summed E-state index contributed by atoms with van der Waals surface area (Å²) in [6.45, 7) is 0. The van der Waals surface area contributed by atoms with Gasteiger partial charge < -0.3 is 11.1 Å². The lowest BCUT2D eigenvalue weighted by Gasteiger charge is -2.16. The zero-order valence-electron chi connectivity index (χ0n) is 14.1. The number of primary amides is 1. The maximum Gasteiger partial charge on any atom is 0.240 e. The molecule has 3 aromatic carbocycles. The number of halogens is 1. The van der Waals surface area contributed by atoms with Crippen molar-refractivity contribution in [3.8, 4) is 0 Å². The number of hydrogen-bond donors (Lipinski definition) is 2. The molecular weight excluding hydrogens is 331 g/mol. The van der Waals surface area contributed by atoms with Crippen LogP contribution in [0.4, 0.5) is 4.39 Å². The zero-order chi connectivity index (χ0) is 18.5. The van der Waals surface area contributed by atoms with Gasteiger partial charge in [0, 0.05) is 6.42 Å². The van der Waals surface area contributed by atoms with Crippen LogP contribution in [0.15, 0.2) is 66.7 Å². The van der Waals surface area contributed by atoms with Crippen LogP contribution in [0.3, 0.4) is 0 Å². The molecule has 0 aliphatic heterocycles. The second-order valence-electron chi connectivity index (χ2n) is 6.21. The average Bonchev–Trinajstić information content (AvgIpc) is 2.62. The molecule has 3 aromatic rings. The van der Waals surface area contributed by atoms with Crippen molar-refractivity contribution in [1.29, 1.82) is 0 Å². The van der Waals surface area contributed by atoms with Crippen LogP contribution in [0.25, 0.3) is 10.8 Å². The maximum absolute atomic E-state index is 13.0. The number of fused-ring (bicyclic) bond motifs is 1. The molecule has 0 unspecified atom stereocenters. The smallest absolute Gasteiger partial charge is 0.240 e. The van der Waals surface area contributed by atoms with E-state index in [2.05, 4.69) is 5.32 Å². The van der Waals surface area contributed by atoms with E-state index < -0.39 is 11.9 Å². The minimum absolute atomic E-state index is 0.151. The molecule has 3 N–H and O–H groups in total. The predicted molar refractivity (Wildman–Crippen MR) is 98.9 cm³/mol. The van der Waals surface area contributed by atoms with Gasteiger partial charge in [0.05, 0.1) is 6.42 Å². The van der Waals surface area contributed by atoms with E-state index in [1.165, 1.54) is 12.1 Å². The quantitative estimate of drug-likeness (QED) is 0.717. The molecule has 0 heterocycles. The molecule has 0 saturated carbocycles. The molecule has 1 atom stereocenters. The summed E-state index contributed by atoms with van der Waals surface area (Å²) in [5.41, 5.74) is 6.98. The van der Waals surface area contributed by atoms with Crippen LogP contribution in [0.5, 0.6) is 0 Å². The Kier molecular flexibility index (Phi) is 5.27. The van der Waals surface area contributed by atoms with Gasteiger partial charge in [0.25, 0.3) is 0 Å². The van der Waals surface area contributed by atoms with Gasteiger partial charge in [-0.15, -0.1) is 0 Å². The van der Waals surface area contributed by atoms with Crippen LogP contribution < -0.4 is 11.1 Å². The third-order valence-corrected chi connectivity index (χ3v) is 4.21. The van der Waals surface area contributed by atoms with E-state index in [1.54, 1.807) is 12.1 Å². The molecule has 0 aliphatic carbocycles. The van der Waals surface area contributed by atoms with Gasteiger partial charge in [-0.05, 0) is 34.0 Å². The Hall–Kier alpha value is -3.21. The van der Waals surface area contributed by atoms with E-state index in [4.69, 9.17) is 5.73 Å². The van der Waals surface area contributed by atoms with Crippen LogP contribution >= 0.6 is 0 Å². The summed E-state index contributed by atoms with van der Waals surface area (Å²) in [6.07, 6.45) is 0.372. The largest absolute Gasteiger partial charge is 0.368 e. The number of nitrogens with one attached hydrogen (secondary N) is 1. The number of amides is 2. The zero-order valence-corrected chi connectivity index (χ0v) is 14.1. The SMILES string of the molecule is NC(=O)[C@@H](Cc1ccc(F)cc1)NC(=O)Cc1ccc2ccccc2c1. The van der Waals surface area contributed by atoms with E-state index in [1.807, 2.05) is 42.5 Å². The van der Waals surface area contributed by atoms with Crippen molar-refractivity contribution in [3.05, 3.63) is 83.7 Å². The fourth-order valence-corrected chi connectivity index (χ4v) is 2.86. The molecule has 26 heavy (non-hydrogen) atoms. The Labute approximate surface area is 150 Å². The van der Waals surface area contributed by atoms with Gasteiger partial charge in [-0.3, -0.25) is 9.59 Å². The monoisotopic (exact) mass is 350 g/mol. The molecule has 132 valence electrons. The number of carbonyl (C=O) groups is 2. The first-order valence-corrected chi connectivity index (χ1v) is 8.32. The van der Waals surface area contributed by atoms with E-state index in [0.29, 0.717) is 0 Å². The van der Waals surface area contributed by atoms with Crippen molar-refractivity contribution in [2.24, 2.45) is 5.73 Å². The lowest BCUT2D eigenvalue weighted by Crippen LogP contribution is -2.46. The molecule has 0 aliphatic rings. The Morgan fingerprint density at radius 2 is 1.58 bits per heavy atom. The normalized spacial score (nSPS) is 11.9. The van der Waals surface area contributed by atoms with Crippen LogP contribution in [0.2, 0.25) is 0 Å². The lowest BCUT2D eigenvalue weighted by molar-refractivity contribution is -0.127. The van der Waals surface area contributed by atoms with Crippen molar-refractivity contribution >= 4 is 22.6 Å². The van der Waals surface area contributed by atoms with Crippen molar-refractivity contribution in [2.75, 3.05) is 0 Å². The average molecular weight is 350 g/mol. The molecule has 5 heteroatoms. The Morgan fingerprint density at radius 3 is 2.27 bits per heavy atom. The van der Waals surface area contributed by atoms with Crippen molar-refractivity contribution in [2.45, 2.75) is 18.9 Å². The van der Waals surface area contributed by atoms with E-state index in [-0.39, 0.29) is 24.6 Å². The van der Waals surface area contributed by atoms with Crippen LogP contribution in [-0.2, 0) is 22.4 Å². The van der Waals surface area contributed by atoms with Crippen LogP contribution in [0, 0.1) is 5.82 Å². The number of benzene rings is 3. The fourth-order valence-electron chi connectivity index (χ4n) is 2.86. The molecule has 0 saturated heterocycles. The summed E-state index contributed by atoms with van der Waals surface area (Å²) in [7, 11) is 0. The molecular formula is C21H19FN2O2. The second-order valence-corrected chi connectivity index (χ2v) is 6.21. The van der Waals surface area contributed by atoms with E-state index in [9.17, 15) is 14.0 Å². The Bertz CT molecular complexity index is 938. The van der Waals surface area contributed by atoms with Crippen molar-refractivity contribution in [1.82, 2.24) is 5.32 Å². The van der Waals surface area contributed by atoms with Gasteiger partial charge in [-0.2, -0.15) is 0 Å². The van der Waals surface area contributed by atoms with Gasteiger partial charge in [0.1, 0.15) is 11.9 Å². The maximum atomic E-state index is 13.0. The minimum atomic E-state index is -0.839. The van der Waals surface area contributed by atoms with E-state index >= 15 is 0 Å². The molecule has 3 rings (SSSR count). The second kappa shape index (κ2) is 7.78. The molecule has 0 radical (unpaired) electrons. The van der Waals surface area contributed by atoms with Gasteiger partial charge in [0.2, 0.25) is 11.8 Å². The number of hydrogen-bond acceptors (Lipinski definition) is 2. The minimum Gasteiger partial charge on any atom is -0.368 e. The summed E-state index contributed by atoms with van der Waals surface area (Å²) in [5, 5.41) is 4.82. The highest BCUT2D eigenvalue weighted by molar-refractivity contribution is 5.89. The first-order valence-electron chi connectivity index (χ1n) is 8.32. The topological polar surface area (TPSA) is 72.2 Å². The summed E-state index contributed by atoms with van der Waals surface area (Å²) < 4.78 is 13.0. The lowest BCUT2D eigenvalue weighted by atomic mass is 10.0. The highest BCUT2D eigenvalue weighted by Gasteiger charge is 2.19. The first kappa shape index (κ1) is 17.6. The predicted octanol–water partition coefficient (Wildman–Crippen LogP) is 2.73.